The molecule has 1 saturated carbocycles. The van der Waals surface area contributed by atoms with Gasteiger partial charge in [-0.05, 0) is 37.3 Å². The van der Waals surface area contributed by atoms with Crippen molar-refractivity contribution in [2.75, 3.05) is 0 Å². The topological polar surface area (TPSA) is 29.1 Å². The molecule has 3 atom stereocenters. The fourth-order valence-corrected chi connectivity index (χ4v) is 3.43. The number of benzene rings is 1. The molecule has 5 heteroatoms. The summed E-state index contributed by atoms with van der Waals surface area (Å²) in [6, 6.07) is 1.64. The first kappa shape index (κ1) is 13.6. The van der Waals surface area contributed by atoms with Gasteiger partial charge >= 0.3 is 0 Å². The number of carbonyl (C=O) groups excluding carboxylic acids is 1. The van der Waals surface area contributed by atoms with E-state index in [-0.39, 0.29) is 5.56 Å². The maximum absolute atomic E-state index is 13.7. The summed E-state index contributed by atoms with van der Waals surface area (Å²) in [6.45, 7) is 0. The minimum Gasteiger partial charge on any atom is -0.304 e. The average Bonchev–Trinajstić information content (AvgIpc) is 2.88. The quantitative estimate of drug-likeness (QED) is 0.667. The van der Waals surface area contributed by atoms with Crippen LogP contribution in [0.3, 0.4) is 0 Å². The number of hydrogen-bond acceptors (Lipinski definition) is 2. The Balaban J connectivity index is 1.81. The fourth-order valence-electron chi connectivity index (χ4n) is 3.43. The van der Waals surface area contributed by atoms with Gasteiger partial charge in [0.2, 0.25) is 0 Å². The standard InChI is InChI=1S/C15H16F3NO/c16-10-6-5-9(13(17)14(10)18)15(20)12-7-8-3-1-2-4-11(8)19-12/h5-6,8,11-12,19H,1-4,7H2. The summed E-state index contributed by atoms with van der Waals surface area (Å²) >= 11 is 0. The molecule has 0 radical (unpaired) electrons. The van der Waals surface area contributed by atoms with Gasteiger partial charge in [-0.25, -0.2) is 13.2 Å². The number of nitrogens with one attached hydrogen (secondary N) is 1. The summed E-state index contributed by atoms with van der Waals surface area (Å²) in [5, 5.41) is 3.22. The number of ketones is 1. The Morgan fingerprint density at radius 1 is 1.10 bits per heavy atom. The Morgan fingerprint density at radius 3 is 2.60 bits per heavy atom. The van der Waals surface area contributed by atoms with E-state index in [1.54, 1.807) is 0 Å². The highest BCUT2D eigenvalue weighted by atomic mass is 19.2. The third-order valence-corrected chi connectivity index (χ3v) is 4.48. The van der Waals surface area contributed by atoms with Gasteiger partial charge in [0.25, 0.3) is 0 Å². The van der Waals surface area contributed by atoms with Crippen molar-refractivity contribution < 1.29 is 18.0 Å². The van der Waals surface area contributed by atoms with Crippen molar-refractivity contribution in [1.29, 1.82) is 0 Å². The van der Waals surface area contributed by atoms with Crippen LogP contribution in [-0.4, -0.2) is 17.9 Å². The van der Waals surface area contributed by atoms with Crippen molar-refractivity contribution >= 4 is 5.78 Å². The van der Waals surface area contributed by atoms with Gasteiger partial charge in [-0.1, -0.05) is 12.8 Å². The van der Waals surface area contributed by atoms with Gasteiger partial charge in [0.05, 0.1) is 11.6 Å². The summed E-state index contributed by atoms with van der Waals surface area (Å²) < 4.78 is 39.8. The first-order chi connectivity index (χ1) is 9.58. The summed E-state index contributed by atoms with van der Waals surface area (Å²) in [5.41, 5.74) is -0.361. The van der Waals surface area contributed by atoms with Crippen molar-refractivity contribution in [2.45, 2.75) is 44.2 Å². The fraction of sp³-hybridized carbons (Fsp3) is 0.533. The predicted octanol–water partition coefficient (Wildman–Crippen LogP) is 3.21. The molecule has 0 amide bonds. The number of fused-ring (bicyclic) bond motifs is 1. The average molecular weight is 283 g/mol. The van der Waals surface area contributed by atoms with Crippen molar-refractivity contribution in [3.05, 3.63) is 35.1 Å². The highest BCUT2D eigenvalue weighted by Gasteiger charge is 2.39. The number of carbonyl (C=O) groups is 1. The Morgan fingerprint density at radius 2 is 1.85 bits per heavy atom. The first-order valence-corrected chi connectivity index (χ1v) is 7.01. The molecule has 1 aromatic carbocycles. The van der Waals surface area contributed by atoms with Crippen molar-refractivity contribution in [1.82, 2.24) is 5.32 Å². The van der Waals surface area contributed by atoms with E-state index < -0.39 is 29.3 Å². The Hall–Kier alpha value is -1.36. The molecule has 2 aliphatic rings. The Bertz CT molecular complexity index is 532. The van der Waals surface area contributed by atoms with E-state index in [1.165, 1.54) is 0 Å². The molecule has 2 fully saturated rings. The first-order valence-electron chi connectivity index (χ1n) is 7.01. The van der Waals surface area contributed by atoms with E-state index in [4.69, 9.17) is 0 Å². The zero-order valence-electron chi connectivity index (χ0n) is 11.0. The van der Waals surface area contributed by atoms with Gasteiger partial charge < -0.3 is 5.32 Å². The lowest BCUT2D eigenvalue weighted by Crippen LogP contribution is -2.37. The molecule has 0 spiro atoms. The van der Waals surface area contributed by atoms with Crippen molar-refractivity contribution in [3.63, 3.8) is 0 Å². The van der Waals surface area contributed by atoms with Gasteiger partial charge in [-0.15, -0.1) is 0 Å². The lowest BCUT2D eigenvalue weighted by atomic mass is 9.84. The molecule has 1 aromatic rings. The molecule has 108 valence electrons. The smallest absolute Gasteiger partial charge is 0.195 e. The van der Waals surface area contributed by atoms with Gasteiger partial charge in [0.1, 0.15) is 0 Å². The number of Topliss-reactive ketones (excluding diaryl/α,β-unsaturated/α-hetero) is 1. The third-order valence-electron chi connectivity index (χ3n) is 4.48. The molecular weight excluding hydrogens is 267 g/mol. The van der Waals surface area contributed by atoms with Crippen LogP contribution in [-0.2, 0) is 0 Å². The minimum absolute atomic E-state index is 0.297. The number of hydrogen-bond donors (Lipinski definition) is 1. The minimum atomic E-state index is -1.58. The predicted molar refractivity (Wildman–Crippen MR) is 67.9 cm³/mol. The third kappa shape index (κ3) is 2.24. The second-order valence-corrected chi connectivity index (χ2v) is 5.69. The molecule has 0 aromatic heterocycles. The van der Waals surface area contributed by atoms with Gasteiger partial charge in [0, 0.05) is 6.04 Å². The highest BCUT2D eigenvalue weighted by molar-refractivity contribution is 6.00. The molecule has 3 unspecified atom stereocenters. The summed E-state index contributed by atoms with van der Waals surface area (Å²) in [4.78, 5) is 12.3. The van der Waals surface area contributed by atoms with E-state index in [1.807, 2.05) is 0 Å². The van der Waals surface area contributed by atoms with Gasteiger partial charge in [-0.3, -0.25) is 4.79 Å². The lowest BCUT2D eigenvalue weighted by Gasteiger charge is -2.24. The summed E-state index contributed by atoms with van der Waals surface area (Å²) in [7, 11) is 0. The molecular formula is C15H16F3NO. The maximum Gasteiger partial charge on any atom is 0.195 e. The van der Waals surface area contributed by atoms with Gasteiger partial charge in [0.15, 0.2) is 23.2 Å². The van der Waals surface area contributed by atoms with Crippen LogP contribution in [0, 0.1) is 23.4 Å². The summed E-state index contributed by atoms with van der Waals surface area (Å²) in [5.74, 6) is -4.27. The molecule has 2 nitrogen and oxygen atoms in total. The molecule has 3 rings (SSSR count). The largest absolute Gasteiger partial charge is 0.304 e. The van der Waals surface area contributed by atoms with Crippen LogP contribution < -0.4 is 5.32 Å². The molecule has 1 aliphatic carbocycles. The molecule has 1 saturated heterocycles. The molecule has 1 aliphatic heterocycles. The van der Waals surface area contributed by atoms with E-state index in [2.05, 4.69) is 5.32 Å². The van der Waals surface area contributed by atoms with Crippen LogP contribution in [0.4, 0.5) is 13.2 Å². The normalized spacial score (nSPS) is 29.2. The number of rotatable bonds is 2. The monoisotopic (exact) mass is 283 g/mol. The van der Waals surface area contributed by atoms with E-state index in [0.717, 1.165) is 37.8 Å². The van der Waals surface area contributed by atoms with Gasteiger partial charge in [-0.2, -0.15) is 0 Å². The van der Waals surface area contributed by atoms with Crippen molar-refractivity contribution in [2.24, 2.45) is 5.92 Å². The second kappa shape index (κ2) is 5.20. The lowest BCUT2D eigenvalue weighted by molar-refractivity contribution is 0.0943. The van der Waals surface area contributed by atoms with E-state index in [9.17, 15) is 18.0 Å². The van der Waals surface area contributed by atoms with Crippen LogP contribution in [0.2, 0.25) is 0 Å². The second-order valence-electron chi connectivity index (χ2n) is 5.69. The molecule has 1 N–H and O–H groups in total. The van der Waals surface area contributed by atoms with Crippen LogP contribution in [0.5, 0.6) is 0 Å². The molecule has 1 heterocycles. The van der Waals surface area contributed by atoms with Crippen LogP contribution in [0.1, 0.15) is 42.5 Å². The maximum atomic E-state index is 13.7. The zero-order chi connectivity index (χ0) is 14.3. The molecule has 20 heavy (non-hydrogen) atoms. The van der Waals surface area contributed by atoms with Crippen LogP contribution in [0.15, 0.2) is 12.1 Å². The summed E-state index contributed by atoms with van der Waals surface area (Å²) in [6.07, 6.45) is 5.04. The van der Waals surface area contributed by atoms with Crippen LogP contribution in [0.25, 0.3) is 0 Å². The van der Waals surface area contributed by atoms with Crippen molar-refractivity contribution in [3.8, 4) is 0 Å². The zero-order valence-corrected chi connectivity index (χ0v) is 11.0. The Labute approximate surface area is 115 Å². The van der Waals surface area contributed by atoms with Crippen LogP contribution >= 0.6 is 0 Å². The Kier molecular flexibility index (Phi) is 3.54. The SMILES string of the molecule is O=C(c1ccc(F)c(F)c1F)C1CC2CCCCC2N1. The highest BCUT2D eigenvalue weighted by Crippen LogP contribution is 2.34. The number of halogens is 3. The van der Waals surface area contributed by atoms with E-state index >= 15 is 0 Å². The molecule has 0 bridgehead atoms. The van der Waals surface area contributed by atoms with E-state index in [0.29, 0.717) is 18.4 Å².